The van der Waals surface area contributed by atoms with Crippen molar-refractivity contribution in [2.24, 2.45) is 10.8 Å². The zero-order chi connectivity index (χ0) is 21.5. The fraction of sp³-hybridized carbons (Fsp3) is 0.882. The number of hydrogen-bond acceptors (Lipinski definition) is 6. The lowest BCUT2D eigenvalue weighted by Gasteiger charge is -2.26. The first-order valence-electron chi connectivity index (χ1n) is 8.78. The van der Waals surface area contributed by atoms with E-state index in [2.05, 4.69) is 10.2 Å². The van der Waals surface area contributed by atoms with Crippen molar-refractivity contribution in [3.63, 3.8) is 0 Å². The molecule has 0 amide bonds. The van der Waals surface area contributed by atoms with Crippen LogP contribution in [-0.2, 0) is 28.2 Å². The number of ether oxygens (including phenoxy) is 2. The molecule has 0 aromatic carbocycles. The molecule has 2 N–H and O–H groups in total. The monoisotopic (exact) mass is 428 g/mol. The second-order valence-corrected chi connectivity index (χ2v) is 10.9. The van der Waals surface area contributed by atoms with E-state index in [-0.39, 0.29) is 24.0 Å². The largest absolute Gasteiger partial charge is 0.464 e. The van der Waals surface area contributed by atoms with Crippen molar-refractivity contribution in [3.8, 4) is 0 Å². The van der Waals surface area contributed by atoms with Crippen LogP contribution in [0, 0.1) is 10.8 Å². The number of rotatable bonds is 10. The predicted octanol–water partition coefficient (Wildman–Crippen LogP) is 3.44. The van der Waals surface area contributed by atoms with Crippen LogP contribution in [0.15, 0.2) is 0 Å². The Labute approximate surface area is 167 Å². The first-order valence-corrected chi connectivity index (χ1v) is 10.9. The van der Waals surface area contributed by atoms with Gasteiger partial charge in [-0.15, -0.1) is 0 Å². The Morgan fingerprint density at radius 2 is 1.22 bits per heavy atom. The zero-order valence-electron chi connectivity index (χ0n) is 17.6. The summed E-state index contributed by atoms with van der Waals surface area (Å²) in [6, 6.07) is -2.27. The molecule has 27 heavy (non-hydrogen) atoms. The van der Waals surface area contributed by atoms with Crippen molar-refractivity contribution in [2.75, 3.05) is 19.3 Å². The van der Waals surface area contributed by atoms with Crippen molar-refractivity contribution in [3.05, 3.63) is 0 Å². The van der Waals surface area contributed by atoms with Crippen LogP contribution in [-0.4, -0.2) is 43.3 Å². The summed E-state index contributed by atoms with van der Waals surface area (Å²) in [7, 11) is -3.80. The van der Waals surface area contributed by atoms with Gasteiger partial charge < -0.3 is 9.47 Å². The summed E-state index contributed by atoms with van der Waals surface area (Å²) in [6.45, 7) is 14.9. The van der Waals surface area contributed by atoms with Gasteiger partial charge in [0.05, 0.1) is 13.2 Å². The molecule has 0 saturated heterocycles. The van der Waals surface area contributed by atoms with E-state index < -0.39 is 37.8 Å². The Morgan fingerprint density at radius 1 is 0.889 bits per heavy atom. The number of alkyl halides is 1. The van der Waals surface area contributed by atoms with E-state index in [1.54, 1.807) is 0 Å². The molecule has 0 spiro atoms. The number of halogens is 1. The average Bonchev–Trinajstić information content (AvgIpc) is 2.48. The van der Waals surface area contributed by atoms with Crippen LogP contribution >= 0.6 is 19.3 Å². The van der Waals surface area contributed by atoms with Crippen LogP contribution in [0.5, 0.6) is 0 Å². The van der Waals surface area contributed by atoms with Crippen LogP contribution < -0.4 is 10.2 Å². The third kappa shape index (κ3) is 12.4. The van der Waals surface area contributed by atoms with Gasteiger partial charge in [0.25, 0.3) is 0 Å². The fourth-order valence-electron chi connectivity index (χ4n) is 1.62. The molecule has 0 aliphatic heterocycles. The van der Waals surface area contributed by atoms with Crippen LogP contribution in [0.25, 0.3) is 0 Å². The minimum Gasteiger partial charge on any atom is -0.464 e. The normalized spacial score (nSPS) is 15.1. The van der Waals surface area contributed by atoms with E-state index in [0.717, 1.165) is 0 Å². The molecule has 0 aliphatic rings. The second kappa shape index (κ2) is 10.8. The van der Waals surface area contributed by atoms with Crippen LogP contribution in [0.2, 0.25) is 0 Å². The van der Waals surface area contributed by atoms with E-state index in [0.29, 0.717) is 0 Å². The smallest absolute Gasteiger partial charge is 0.343 e. The maximum absolute atomic E-state index is 12.9. The summed E-state index contributed by atoms with van der Waals surface area (Å²) in [6.07, 6.45) is 0. The molecule has 10 heteroatoms. The molecule has 0 heterocycles. The molecule has 0 saturated carbocycles. The highest BCUT2D eigenvalue weighted by Crippen LogP contribution is 2.39. The lowest BCUT2D eigenvalue weighted by molar-refractivity contribution is -0.148. The molecule has 0 unspecified atom stereocenters. The summed E-state index contributed by atoms with van der Waals surface area (Å²) in [5, 5.41) is 5.09. The first-order chi connectivity index (χ1) is 12.1. The van der Waals surface area contributed by atoms with Crippen LogP contribution in [0.3, 0.4) is 0 Å². The number of nitrogens with one attached hydrogen (secondary N) is 2. The molecule has 2 atom stereocenters. The van der Waals surface area contributed by atoms with Gasteiger partial charge in [0.1, 0.15) is 18.1 Å². The van der Waals surface area contributed by atoms with Gasteiger partial charge in [0.2, 0.25) is 0 Å². The van der Waals surface area contributed by atoms with E-state index >= 15 is 0 Å². The Morgan fingerprint density at radius 3 is 1.48 bits per heavy atom. The predicted molar refractivity (Wildman–Crippen MR) is 105 cm³/mol. The van der Waals surface area contributed by atoms with Gasteiger partial charge in [-0.1, -0.05) is 53.1 Å². The summed E-state index contributed by atoms with van der Waals surface area (Å²) in [5.41, 5.74) is -0.398. The molecule has 0 aromatic rings. The van der Waals surface area contributed by atoms with E-state index in [9.17, 15) is 14.2 Å². The minimum atomic E-state index is -3.80. The number of carbonyl (C=O) groups excluding carboxylic acids is 2. The number of hydrogen-bond donors (Lipinski definition) is 2. The second-order valence-electron chi connectivity index (χ2n) is 8.83. The third-order valence-corrected chi connectivity index (χ3v) is 5.17. The minimum absolute atomic E-state index is 0.199. The van der Waals surface area contributed by atoms with Gasteiger partial charge in [-0.3, -0.25) is 18.7 Å². The van der Waals surface area contributed by atoms with Crippen molar-refractivity contribution >= 4 is 31.2 Å². The SMILES string of the molecule is C[C@H](NP(=O)(N[C@@H](C)C(=O)OCC(C)(C)C)OCCl)C(=O)OCC(C)(C)C. The molecule has 8 nitrogen and oxygen atoms in total. The summed E-state index contributed by atoms with van der Waals surface area (Å²) in [5.74, 6) is -1.18. The quantitative estimate of drug-likeness (QED) is 0.310. The fourth-order valence-corrected chi connectivity index (χ4v) is 3.62. The molecular formula is C17H34ClN2O6P. The average molecular weight is 429 g/mol. The van der Waals surface area contributed by atoms with Crippen LogP contribution in [0.4, 0.5) is 0 Å². The maximum Gasteiger partial charge on any atom is 0.343 e. The standard InChI is InChI=1S/C17H34ClN2O6P/c1-12(14(21)24-9-16(3,4)5)19-27(23,26-11-18)20-13(2)15(22)25-10-17(6,7)8/h12-13H,9-11H2,1-8H3,(H2,19,20,23)/t12-,13-/m0/s1. The summed E-state index contributed by atoms with van der Waals surface area (Å²) >= 11 is 5.55. The third-order valence-electron chi connectivity index (χ3n) is 2.96. The van der Waals surface area contributed by atoms with Gasteiger partial charge >= 0.3 is 19.6 Å². The molecule has 0 aliphatic carbocycles. The van der Waals surface area contributed by atoms with Crippen molar-refractivity contribution in [1.29, 1.82) is 0 Å². The maximum atomic E-state index is 12.9. The van der Waals surface area contributed by atoms with E-state index in [1.165, 1.54) is 13.8 Å². The molecule has 0 fully saturated rings. The molecule has 0 rings (SSSR count). The highest BCUT2D eigenvalue weighted by atomic mass is 35.5. The lowest BCUT2D eigenvalue weighted by Crippen LogP contribution is -2.43. The van der Waals surface area contributed by atoms with Gasteiger partial charge in [-0.2, -0.15) is 0 Å². The Hall–Kier alpha value is -0.660. The Balaban J connectivity index is 4.88. The highest BCUT2D eigenvalue weighted by Gasteiger charge is 2.33. The van der Waals surface area contributed by atoms with Gasteiger partial charge in [0, 0.05) is 0 Å². The molecule has 160 valence electrons. The Bertz CT molecular complexity index is 503. The van der Waals surface area contributed by atoms with Gasteiger partial charge in [0.15, 0.2) is 0 Å². The molecule has 0 radical (unpaired) electrons. The van der Waals surface area contributed by atoms with Crippen molar-refractivity contribution in [2.45, 2.75) is 67.5 Å². The lowest BCUT2D eigenvalue weighted by atomic mass is 9.99. The Kier molecular flexibility index (Phi) is 10.5. The first kappa shape index (κ1) is 26.3. The van der Waals surface area contributed by atoms with Crippen molar-refractivity contribution < 1.29 is 28.2 Å². The highest BCUT2D eigenvalue weighted by molar-refractivity contribution is 7.54. The van der Waals surface area contributed by atoms with Gasteiger partial charge in [-0.25, -0.2) is 10.2 Å². The zero-order valence-corrected chi connectivity index (χ0v) is 19.2. The number of carbonyl (C=O) groups is 2. The van der Waals surface area contributed by atoms with Crippen molar-refractivity contribution in [1.82, 2.24) is 10.2 Å². The topological polar surface area (TPSA) is 103 Å². The molecule has 0 aromatic heterocycles. The van der Waals surface area contributed by atoms with E-state index in [4.69, 9.17) is 25.6 Å². The van der Waals surface area contributed by atoms with E-state index in [1.807, 2.05) is 41.5 Å². The van der Waals surface area contributed by atoms with Crippen LogP contribution in [0.1, 0.15) is 55.4 Å². The molecular weight excluding hydrogens is 395 g/mol. The molecule has 0 bridgehead atoms. The van der Waals surface area contributed by atoms with Gasteiger partial charge in [-0.05, 0) is 24.7 Å². The number of esters is 2. The summed E-state index contributed by atoms with van der Waals surface area (Å²) < 4.78 is 28.3. The summed E-state index contributed by atoms with van der Waals surface area (Å²) in [4.78, 5) is 24.2.